The maximum Gasteiger partial charge on any atom is 0.186 e. The second-order valence-electron chi connectivity index (χ2n) is 7.09. The van der Waals surface area contributed by atoms with Crippen molar-refractivity contribution in [1.82, 2.24) is 9.97 Å². The zero-order valence-corrected chi connectivity index (χ0v) is 16.3. The van der Waals surface area contributed by atoms with Crippen molar-refractivity contribution in [1.29, 1.82) is 0 Å². The van der Waals surface area contributed by atoms with E-state index >= 15 is 0 Å². The summed E-state index contributed by atoms with van der Waals surface area (Å²) in [6.07, 6.45) is 3.56. The van der Waals surface area contributed by atoms with Gasteiger partial charge in [-0.25, -0.2) is 9.97 Å². The van der Waals surface area contributed by atoms with Gasteiger partial charge in [0.1, 0.15) is 29.5 Å². The summed E-state index contributed by atoms with van der Waals surface area (Å²) in [5.41, 5.74) is 1.48. The molecule has 0 unspecified atom stereocenters. The Kier molecular flexibility index (Phi) is 5.57. The Morgan fingerprint density at radius 2 is 2.16 bits per heavy atom. The number of morpholine rings is 1. The van der Waals surface area contributed by atoms with E-state index in [0.717, 1.165) is 60.9 Å². The summed E-state index contributed by atoms with van der Waals surface area (Å²) in [7, 11) is 0. The number of fused-ring (bicyclic) bond motifs is 3. The topological polar surface area (TPSA) is 59.7 Å². The Labute approximate surface area is 156 Å². The molecule has 1 aliphatic carbocycles. The van der Waals surface area contributed by atoms with Crippen molar-refractivity contribution in [2.24, 2.45) is 5.92 Å². The van der Waals surface area contributed by atoms with Crippen LogP contribution in [0.4, 0.5) is 0 Å². The first-order valence-electron chi connectivity index (χ1n) is 9.20. The molecule has 136 valence electrons. The summed E-state index contributed by atoms with van der Waals surface area (Å²) >= 11 is 3.54. The molecule has 5 nitrogen and oxygen atoms in total. The van der Waals surface area contributed by atoms with E-state index in [0.29, 0.717) is 5.75 Å². The smallest absolute Gasteiger partial charge is 0.186 e. The molecule has 1 aliphatic heterocycles. The fraction of sp³-hybridized carbons (Fsp3) is 0.667. The van der Waals surface area contributed by atoms with Gasteiger partial charge in [0.15, 0.2) is 5.82 Å². The molecule has 25 heavy (non-hydrogen) atoms. The third kappa shape index (κ3) is 3.85. The van der Waals surface area contributed by atoms with Gasteiger partial charge in [0.2, 0.25) is 0 Å². The van der Waals surface area contributed by atoms with Gasteiger partial charge in [0.05, 0.1) is 19.8 Å². The molecule has 0 saturated carbocycles. The van der Waals surface area contributed by atoms with Crippen LogP contribution in [0.2, 0.25) is 0 Å². The lowest BCUT2D eigenvalue weighted by molar-refractivity contribution is -0.922. The average molecular weight is 381 g/mol. The Morgan fingerprint density at radius 1 is 1.32 bits per heavy atom. The molecule has 2 aromatic heterocycles. The number of nitrogens with zero attached hydrogens (tertiary/aromatic N) is 2. The number of hydrogen-bond acceptors (Lipinski definition) is 6. The van der Waals surface area contributed by atoms with Crippen molar-refractivity contribution in [3.63, 3.8) is 0 Å². The summed E-state index contributed by atoms with van der Waals surface area (Å²) in [5, 5.41) is 11.6. The van der Waals surface area contributed by atoms with Crippen LogP contribution >= 0.6 is 23.1 Å². The van der Waals surface area contributed by atoms with Crippen LogP contribution in [0.1, 0.15) is 29.6 Å². The number of ether oxygens (including phenoxy) is 1. The zero-order chi connectivity index (χ0) is 17.2. The molecular formula is C18H26N3O2S2+. The molecule has 0 radical (unpaired) electrons. The number of rotatable bonds is 5. The highest BCUT2D eigenvalue weighted by Crippen LogP contribution is 2.40. The van der Waals surface area contributed by atoms with Gasteiger partial charge < -0.3 is 14.7 Å². The van der Waals surface area contributed by atoms with Gasteiger partial charge in [-0.2, -0.15) is 0 Å². The van der Waals surface area contributed by atoms with E-state index in [1.165, 1.54) is 33.6 Å². The van der Waals surface area contributed by atoms with Crippen LogP contribution in [0.3, 0.4) is 0 Å². The van der Waals surface area contributed by atoms with Gasteiger partial charge in [0, 0.05) is 16.0 Å². The first kappa shape index (κ1) is 17.7. The van der Waals surface area contributed by atoms with Crippen molar-refractivity contribution in [3.05, 3.63) is 16.3 Å². The number of aromatic nitrogens is 2. The highest BCUT2D eigenvalue weighted by Gasteiger charge is 2.25. The molecular weight excluding hydrogens is 354 g/mol. The van der Waals surface area contributed by atoms with Crippen molar-refractivity contribution >= 4 is 33.3 Å². The third-order valence-electron chi connectivity index (χ3n) is 5.11. The Bertz CT molecular complexity index is 743. The highest BCUT2D eigenvalue weighted by molar-refractivity contribution is 7.99. The second-order valence-corrected chi connectivity index (χ2v) is 9.26. The molecule has 1 fully saturated rings. The molecule has 0 spiro atoms. The molecule has 1 atom stereocenters. The van der Waals surface area contributed by atoms with Crippen LogP contribution in [-0.4, -0.2) is 53.7 Å². The zero-order valence-electron chi connectivity index (χ0n) is 14.7. The van der Waals surface area contributed by atoms with Gasteiger partial charge in [-0.05, 0) is 30.7 Å². The van der Waals surface area contributed by atoms with Crippen LogP contribution in [0.5, 0.6) is 0 Å². The third-order valence-corrected chi connectivity index (χ3v) is 7.21. The molecule has 1 saturated heterocycles. The highest BCUT2D eigenvalue weighted by atomic mass is 32.2. The molecule has 2 aliphatic rings. The second kappa shape index (κ2) is 7.88. The number of thioether (sulfide) groups is 1. The summed E-state index contributed by atoms with van der Waals surface area (Å²) < 4.78 is 5.46. The molecule has 3 heterocycles. The van der Waals surface area contributed by atoms with Crippen LogP contribution < -0.4 is 4.90 Å². The Balaban J connectivity index is 1.70. The number of hydrogen-bond donors (Lipinski definition) is 2. The van der Waals surface area contributed by atoms with Crippen LogP contribution in [-0.2, 0) is 24.1 Å². The maximum atomic E-state index is 9.27. The van der Waals surface area contributed by atoms with E-state index in [1.807, 2.05) is 11.3 Å². The molecule has 2 aromatic rings. The fourth-order valence-corrected chi connectivity index (χ4v) is 6.02. The van der Waals surface area contributed by atoms with E-state index in [4.69, 9.17) is 14.7 Å². The summed E-state index contributed by atoms with van der Waals surface area (Å²) in [4.78, 5) is 14.0. The quantitative estimate of drug-likeness (QED) is 0.605. The Morgan fingerprint density at radius 3 is 2.96 bits per heavy atom. The average Bonchev–Trinajstić information content (AvgIpc) is 2.97. The van der Waals surface area contributed by atoms with E-state index in [9.17, 15) is 5.11 Å². The minimum Gasteiger partial charge on any atom is -0.396 e. The number of thiophene rings is 1. The standard InChI is InChI=1S/C18H25N3O2S2/c1-12-2-3-13-14(10-12)25-18-16(13)17(24-9-6-22)19-15(20-18)11-21-4-7-23-8-5-21/h12,22H,2-11H2,1H3/p+1/t12-/m0/s1. The lowest BCUT2D eigenvalue weighted by atomic mass is 9.89. The fourth-order valence-electron chi connectivity index (χ4n) is 3.74. The molecule has 0 aromatic carbocycles. The number of aliphatic hydroxyl groups excluding tert-OH is 1. The van der Waals surface area contributed by atoms with Crippen LogP contribution in [0, 0.1) is 5.92 Å². The van der Waals surface area contributed by atoms with Gasteiger partial charge >= 0.3 is 0 Å². The van der Waals surface area contributed by atoms with E-state index in [2.05, 4.69) is 6.92 Å². The molecule has 0 bridgehead atoms. The van der Waals surface area contributed by atoms with Gasteiger partial charge in [0.25, 0.3) is 0 Å². The normalized spacial score (nSPS) is 21.6. The Hall–Kier alpha value is -0.730. The first-order valence-corrected chi connectivity index (χ1v) is 11.0. The maximum absolute atomic E-state index is 9.27. The SMILES string of the molecule is C[C@H]1CCc2c(sc3nc(C[NH+]4CCOCC4)nc(SCCO)c23)C1. The van der Waals surface area contributed by atoms with Crippen molar-refractivity contribution in [2.45, 2.75) is 37.8 Å². The van der Waals surface area contributed by atoms with Crippen LogP contribution in [0.25, 0.3) is 10.2 Å². The van der Waals surface area contributed by atoms with E-state index in [-0.39, 0.29) is 6.61 Å². The predicted molar refractivity (Wildman–Crippen MR) is 102 cm³/mol. The lowest BCUT2D eigenvalue weighted by Crippen LogP contribution is -3.12. The lowest BCUT2D eigenvalue weighted by Gasteiger charge is -2.23. The van der Waals surface area contributed by atoms with Gasteiger partial charge in [-0.3, -0.25) is 0 Å². The predicted octanol–water partition coefficient (Wildman–Crippen LogP) is 1.32. The van der Waals surface area contributed by atoms with Crippen molar-refractivity contribution < 1.29 is 14.7 Å². The van der Waals surface area contributed by atoms with Crippen molar-refractivity contribution in [3.8, 4) is 0 Å². The molecule has 2 N–H and O–H groups in total. The first-order chi connectivity index (χ1) is 12.2. The summed E-state index contributed by atoms with van der Waals surface area (Å²) in [6, 6.07) is 0. The molecule has 4 rings (SSSR count). The molecule has 7 heteroatoms. The number of aryl methyl sites for hydroxylation is 1. The number of nitrogens with one attached hydrogen (secondary N) is 1. The largest absolute Gasteiger partial charge is 0.396 e. The molecule has 0 amide bonds. The monoisotopic (exact) mass is 380 g/mol. The minimum absolute atomic E-state index is 0.184. The van der Waals surface area contributed by atoms with E-state index in [1.54, 1.807) is 11.8 Å². The number of quaternary nitrogens is 1. The van der Waals surface area contributed by atoms with Gasteiger partial charge in [-0.15, -0.1) is 23.1 Å². The van der Waals surface area contributed by atoms with E-state index < -0.39 is 0 Å². The summed E-state index contributed by atoms with van der Waals surface area (Å²) in [5.74, 6) is 2.40. The van der Waals surface area contributed by atoms with Gasteiger partial charge in [-0.1, -0.05) is 6.92 Å². The number of aliphatic hydroxyl groups is 1. The summed E-state index contributed by atoms with van der Waals surface area (Å²) in [6.45, 7) is 7.10. The minimum atomic E-state index is 0.184. The van der Waals surface area contributed by atoms with Crippen molar-refractivity contribution in [2.75, 3.05) is 38.7 Å². The van der Waals surface area contributed by atoms with Crippen LogP contribution in [0.15, 0.2) is 5.03 Å².